The highest BCUT2D eigenvalue weighted by Crippen LogP contribution is 2.35. The number of hydrogen-bond donors (Lipinski definition) is 1. The first kappa shape index (κ1) is 12.9. The molecular weight excluding hydrogens is 246 g/mol. The summed E-state index contributed by atoms with van der Waals surface area (Å²) in [4.78, 5) is 0. The van der Waals surface area contributed by atoms with E-state index in [1.54, 1.807) is 7.11 Å². The third kappa shape index (κ3) is 2.50. The highest BCUT2D eigenvalue weighted by molar-refractivity contribution is 6.31. The fraction of sp³-hybridized carbons (Fsp3) is 0.200. The first-order chi connectivity index (χ1) is 8.63. The zero-order valence-corrected chi connectivity index (χ0v) is 11.2. The van der Waals surface area contributed by atoms with Gasteiger partial charge in [0.25, 0.3) is 0 Å². The van der Waals surface area contributed by atoms with Crippen LogP contribution < -0.4 is 10.5 Å². The lowest BCUT2D eigenvalue weighted by molar-refractivity contribution is 0.416. The summed E-state index contributed by atoms with van der Waals surface area (Å²) in [6, 6.07) is 13.6. The molecule has 0 saturated carbocycles. The van der Waals surface area contributed by atoms with Gasteiger partial charge in [-0.3, -0.25) is 0 Å². The smallest absolute Gasteiger partial charge is 0.126 e. The predicted octanol–water partition coefficient (Wildman–Crippen LogP) is 4.04. The van der Waals surface area contributed by atoms with Crippen molar-refractivity contribution in [3.63, 3.8) is 0 Å². The number of ether oxygens (including phenoxy) is 1. The minimum Gasteiger partial charge on any atom is -0.496 e. The number of hydrogen-bond acceptors (Lipinski definition) is 2. The van der Waals surface area contributed by atoms with Crippen LogP contribution in [0.3, 0.4) is 0 Å². The lowest BCUT2D eigenvalue weighted by atomic mass is 9.95. The van der Waals surface area contributed by atoms with Crippen LogP contribution in [0.25, 0.3) is 11.1 Å². The van der Waals surface area contributed by atoms with Gasteiger partial charge in [0.15, 0.2) is 0 Å². The average molecular weight is 262 g/mol. The standard InChI is InChI=1S/C15H16ClNO/c1-10(17)12-5-3-4-6-13(12)14-9-11(16)7-8-15(14)18-2/h3-10H,17H2,1-2H3. The Morgan fingerprint density at radius 3 is 2.50 bits per heavy atom. The largest absolute Gasteiger partial charge is 0.496 e. The molecule has 1 unspecified atom stereocenters. The summed E-state index contributed by atoms with van der Waals surface area (Å²) in [5.74, 6) is 0.799. The molecule has 3 heteroatoms. The zero-order chi connectivity index (χ0) is 13.1. The van der Waals surface area contributed by atoms with E-state index in [9.17, 15) is 0 Å². The van der Waals surface area contributed by atoms with Crippen LogP contribution in [0.1, 0.15) is 18.5 Å². The molecule has 94 valence electrons. The number of nitrogens with two attached hydrogens (primary N) is 1. The third-order valence-electron chi connectivity index (χ3n) is 2.90. The summed E-state index contributed by atoms with van der Waals surface area (Å²) in [7, 11) is 1.65. The second kappa shape index (κ2) is 5.42. The van der Waals surface area contributed by atoms with Gasteiger partial charge in [0.05, 0.1) is 7.11 Å². The van der Waals surface area contributed by atoms with Crippen LogP contribution in [0, 0.1) is 0 Å². The van der Waals surface area contributed by atoms with Crippen molar-refractivity contribution in [1.82, 2.24) is 0 Å². The number of benzene rings is 2. The highest BCUT2D eigenvalue weighted by Gasteiger charge is 2.12. The summed E-state index contributed by atoms with van der Waals surface area (Å²) in [6.07, 6.45) is 0. The van der Waals surface area contributed by atoms with Gasteiger partial charge in [-0.2, -0.15) is 0 Å². The van der Waals surface area contributed by atoms with Crippen LogP contribution in [-0.4, -0.2) is 7.11 Å². The summed E-state index contributed by atoms with van der Waals surface area (Å²) < 4.78 is 5.39. The van der Waals surface area contributed by atoms with E-state index in [0.29, 0.717) is 5.02 Å². The first-order valence-electron chi connectivity index (χ1n) is 5.82. The molecule has 2 nitrogen and oxygen atoms in total. The van der Waals surface area contributed by atoms with Crippen molar-refractivity contribution in [3.05, 3.63) is 53.1 Å². The van der Waals surface area contributed by atoms with E-state index in [1.165, 1.54) is 0 Å². The van der Waals surface area contributed by atoms with Crippen molar-refractivity contribution in [1.29, 1.82) is 0 Å². The van der Waals surface area contributed by atoms with Crippen LogP contribution >= 0.6 is 11.6 Å². The monoisotopic (exact) mass is 261 g/mol. The van der Waals surface area contributed by atoms with E-state index in [2.05, 4.69) is 0 Å². The molecule has 0 saturated heterocycles. The Kier molecular flexibility index (Phi) is 3.90. The molecule has 2 aromatic rings. The molecule has 1 atom stereocenters. The molecule has 0 heterocycles. The Morgan fingerprint density at radius 1 is 1.11 bits per heavy atom. The Labute approximate surface area is 112 Å². The van der Waals surface area contributed by atoms with Gasteiger partial charge in [-0.25, -0.2) is 0 Å². The maximum Gasteiger partial charge on any atom is 0.126 e. The Balaban J connectivity index is 2.64. The number of rotatable bonds is 3. The van der Waals surface area contributed by atoms with Crippen LogP contribution in [-0.2, 0) is 0 Å². The fourth-order valence-electron chi connectivity index (χ4n) is 2.03. The minimum absolute atomic E-state index is 0.0371. The van der Waals surface area contributed by atoms with Gasteiger partial charge >= 0.3 is 0 Å². The summed E-state index contributed by atoms with van der Waals surface area (Å²) >= 11 is 6.07. The molecular formula is C15H16ClNO. The fourth-order valence-corrected chi connectivity index (χ4v) is 2.20. The number of methoxy groups -OCH3 is 1. The van der Waals surface area contributed by atoms with Crippen molar-refractivity contribution < 1.29 is 4.74 Å². The SMILES string of the molecule is COc1ccc(Cl)cc1-c1ccccc1C(C)N. The zero-order valence-electron chi connectivity index (χ0n) is 10.5. The van der Waals surface area contributed by atoms with Crippen molar-refractivity contribution in [2.45, 2.75) is 13.0 Å². The van der Waals surface area contributed by atoms with Crippen molar-refractivity contribution in [2.24, 2.45) is 5.73 Å². The highest BCUT2D eigenvalue weighted by atomic mass is 35.5. The molecule has 0 spiro atoms. The van der Waals surface area contributed by atoms with Gasteiger partial charge in [0.2, 0.25) is 0 Å². The van der Waals surface area contributed by atoms with Crippen LogP contribution in [0.4, 0.5) is 0 Å². The molecule has 0 aromatic heterocycles. The minimum atomic E-state index is -0.0371. The molecule has 2 rings (SSSR count). The quantitative estimate of drug-likeness (QED) is 0.905. The molecule has 18 heavy (non-hydrogen) atoms. The predicted molar refractivity (Wildman–Crippen MR) is 76.0 cm³/mol. The Morgan fingerprint density at radius 2 is 1.83 bits per heavy atom. The topological polar surface area (TPSA) is 35.2 Å². The molecule has 0 amide bonds. The lowest BCUT2D eigenvalue weighted by Gasteiger charge is -2.15. The van der Waals surface area contributed by atoms with Gasteiger partial charge in [-0.05, 0) is 36.2 Å². The van der Waals surface area contributed by atoms with E-state index in [1.807, 2.05) is 49.4 Å². The molecule has 0 radical (unpaired) electrons. The summed E-state index contributed by atoms with van der Waals surface area (Å²) in [6.45, 7) is 1.97. The van der Waals surface area contributed by atoms with E-state index in [4.69, 9.17) is 22.1 Å². The second-order valence-electron chi connectivity index (χ2n) is 4.22. The van der Waals surface area contributed by atoms with Crippen LogP contribution in [0.15, 0.2) is 42.5 Å². The van der Waals surface area contributed by atoms with Crippen molar-refractivity contribution in [2.75, 3.05) is 7.11 Å². The maximum atomic E-state index is 6.07. The average Bonchev–Trinajstić information content (AvgIpc) is 2.38. The molecule has 0 bridgehead atoms. The third-order valence-corrected chi connectivity index (χ3v) is 3.14. The summed E-state index contributed by atoms with van der Waals surface area (Å²) in [5.41, 5.74) is 9.12. The maximum absolute atomic E-state index is 6.07. The van der Waals surface area contributed by atoms with Gasteiger partial charge in [-0.1, -0.05) is 35.9 Å². The van der Waals surface area contributed by atoms with Crippen LogP contribution in [0.2, 0.25) is 5.02 Å². The van der Waals surface area contributed by atoms with E-state index in [-0.39, 0.29) is 6.04 Å². The van der Waals surface area contributed by atoms with E-state index >= 15 is 0 Å². The second-order valence-corrected chi connectivity index (χ2v) is 4.66. The lowest BCUT2D eigenvalue weighted by Crippen LogP contribution is -2.06. The van der Waals surface area contributed by atoms with Gasteiger partial charge < -0.3 is 10.5 Å². The molecule has 0 fully saturated rings. The molecule has 0 aliphatic heterocycles. The molecule has 2 aromatic carbocycles. The molecule has 0 aliphatic carbocycles. The Hall–Kier alpha value is -1.51. The normalized spacial score (nSPS) is 12.2. The van der Waals surface area contributed by atoms with Crippen LogP contribution in [0.5, 0.6) is 5.75 Å². The Bertz CT molecular complexity index is 552. The van der Waals surface area contributed by atoms with Crippen molar-refractivity contribution in [3.8, 4) is 16.9 Å². The molecule has 2 N–H and O–H groups in total. The van der Waals surface area contributed by atoms with Crippen molar-refractivity contribution >= 4 is 11.6 Å². The van der Waals surface area contributed by atoms with Gasteiger partial charge in [-0.15, -0.1) is 0 Å². The number of halogens is 1. The first-order valence-corrected chi connectivity index (χ1v) is 6.19. The van der Waals surface area contributed by atoms with Gasteiger partial charge in [0.1, 0.15) is 5.75 Å². The molecule has 0 aliphatic rings. The van der Waals surface area contributed by atoms with Gasteiger partial charge in [0, 0.05) is 16.6 Å². The summed E-state index contributed by atoms with van der Waals surface area (Å²) in [5, 5.41) is 0.685. The van der Waals surface area contributed by atoms with E-state index < -0.39 is 0 Å². The van der Waals surface area contributed by atoms with E-state index in [0.717, 1.165) is 22.4 Å².